The third-order valence-electron chi connectivity index (χ3n) is 2.95. The fourth-order valence-corrected chi connectivity index (χ4v) is 2.44. The normalized spacial score (nSPS) is 11.9. The zero-order valence-corrected chi connectivity index (χ0v) is 17.7. The summed E-state index contributed by atoms with van der Waals surface area (Å²) < 4.78 is 11.3. The molecule has 0 spiro atoms. The Hall–Kier alpha value is -1.96. The highest BCUT2D eigenvalue weighted by molar-refractivity contribution is 9.10. The van der Waals surface area contributed by atoms with Gasteiger partial charge in [-0.05, 0) is 53.7 Å². The van der Waals surface area contributed by atoms with Crippen LogP contribution < -0.4 is 0 Å². The Morgan fingerprint density at radius 1 is 1.00 bits per heavy atom. The highest BCUT2D eigenvalue weighted by atomic mass is 79.9. The Morgan fingerprint density at radius 2 is 1.46 bits per heavy atom. The van der Waals surface area contributed by atoms with E-state index in [4.69, 9.17) is 14.3 Å². The maximum atomic E-state index is 12.7. The second kappa shape index (κ2) is 8.16. The molecule has 7 nitrogen and oxygen atoms in total. The molecule has 0 unspecified atom stereocenters. The fraction of sp³-hybridized carbons (Fsp3) is 0.556. The molecule has 0 aromatic heterocycles. The van der Waals surface area contributed by atoms with Crippen LogP contribution in [0.1, 0.15) is 53.0 Å². The molecule has 1 rings (SSSR count). The summed E-state index contributed by atoms with van der Waals surface area (Å²) in [6.45, 7) is 10.1. The molecular weight excluding hydrogens is 406 g/mol. The van der Waals surface area contributed by atoms with Gasteiger partial charge in [0, 0.05) is 10.5 Å². The molecule has 0 radical (unpaired) electrons. The summed E-state index contributed by atoms with van der Waals surface area (Å²) in [5.41, 5.74) is -1.49. The third kappa shape index (κ3) is 6.40. The first-order valence-corrected chi connectivity index (χ1v) is 8.81. The standard InChI is InChI=1S/C18H25BrNO6/c1-17(2,3)25-15(21)14(16(22)26-18(4,5)6)12-9-8-11(19)10-13(12)20(23)24-7/h8-10,14H,1-7H3/q+1. The van der Waals surface area contributed by atoms with Crippen LogP contribution in [-0.2, 0) is 23.9 Å². The molecule has 26 heavy (non-hydrogen) atoms. The van der Waals surface area contributed by atoms with E-state index in [-0.39, 0.29) is 16.2 Å². The van der Waals surface area contributed by atoms with Crippen LogP contribution in [-0.4, -0.2) is 35.2 Å². The number of ether oxygens (including phenoxy) is 2. The lowest BCUT2D eigenvalue weighted by atomic mass is 9.96. The zero-order valence-electron chi connectivity index (χ0n) is 16.1. The van der Waals surface area contributed by atoms with Crippen molar-refractivity contribution in [2.75, 3.05) is 7.11 Å². The van der Waals surface area contributed by atoms with Gasteiger partial charge in [0.25, 0.3) is 4.92 Å². The lowest BCUT2D eigenvalue weighted by Crippen LogP contribution is -2.36. The van der Waals surface area contributed by atoms with E-state index >= 15 is 0 Å². The molecule has 1 aromatic carbocycles. The highest BCUT2D eigenvalue weighted by Crippen LogP contribution is 2.33. The van der Waals surface area contributed by atoms with E-state index in [2.05, 4.69) is 15.9 Å². The third-order valence-corrected chi connectivity index (χ3v) is 3.44. The van der Waals surface area contributed by atoms with Crippen molar-refractivity contribution >= 4 is 33.6 Å². The van der Waals surface area contributed by atoms with Crippen LogP contribution in [0.25, 0.3) is 0 Å². The minimum atomic E-state index is -1.43. The van der Waals surface area contributed by atoms with Gasteiger partial charge in [-0.1, -0.05) is 15.9 Å². The number of hydrogen-bond acceptors (Lipinski definition) is 6. The molecule has 0 aliphatic carbocycles. The second-order valence-corrected chi connectivity index (χ2v) is 8.56. The van der Waals surface area contributed by atoms with E-state index in [1.54, 1.807) is 47.6 Å². The van der Waals surface area contributed by atoms with Gasteiger partial charge in [0.05, 0.1) is 10.5 Å². The molecule has 0 atom stereocenters. The van der Waals surface area contributed by atoms with Gasteiger partial charge in [-0.25, -0.2) is 4.84 Å². The number of carbonyl (C=O) groups excluding carboxylic acids is 2. The van der Waals surface area contributed by atoms with E-state index in [1.165, 1.54) is 19.2 Å². The van der Waals surface area contributed by atoms with Crippen molar-refractivity contribution in [2.45, 2.75) is 58.7 Å². The van der Waals surface area contributed by atoms with Gasteiger partial charge in [0.1, 0.15) is 11.2 Å². The Morgan fingerprint density at radius 3 is 1.85 bits per heavy atom. The molecule has 8 heteroatoms. The van der Waals surface area contributed by atoms with Crippen molar-refractivity contribution in [3.05, 3.63) is 33.1 Å². The first kappa shape index (κ1) is 22.1. The van der Waals surface area contributed by atoms with Crippen LogP contribution in [0.5, 0.6) is 0 Å². The summed E-state index contributed by atoms with van der Waals surface area (Å²) in [7, 11) is 1.19. The summed E-state index contributed by atoms with van der Waals surface area (Å²) in [4.78, 5) is 42.5. The van der Waals surface area contributed by atoms with E-state index in [0.717, 1.165) is 0 Å². The molecule has 0 aliphatic rings. The monoisotopic (exact) mass is 430 g/mol. The zero-order chi connectivity index (χ0) is 20.3. The van der Waals surface area contributed by atoms with Crippen LogP contribution in [0.3, 0.4) is 0 Å². The number of rotatable bonds is 5. The van der Waals surface area contributed by atoms with Crippen molar-refractivity contribution in [3.63, 3.8) is 0 Å². The minimum Gasteiger partial charge on any atom is -0.459 e. The maximum Gasteiger partial charge on any atom is 0.325 e. The summed E-state index contributed by atoms with van der Waals surface area (Å²) in [5.74, 6) is -3.04. The van der Waals surface area contributed by atoms with Crippen molar-refractivity contribution < 1.29 is 28.8 Å². The summed E-state index contributed by atoms with van der Waals surface area (Å²) in [6, 6.07) is 4.56. The topological polar surface area (TPSA) is 81.9 Å². The molecule has 144 valence electrons. The molecule has 0 fully saturated rings. The molecule has 0 saturated carbocycles. The predicted octanol–water partition coefficient (Wildman–Crippen LogP) is 4.19. The molecule has 1 aromatic rings. The quantitative estimate of drug-likeness (QED) is 0.395. The van der Waals surface area contributed by atoms with Crippen LogP contribution in [0, 0.1) is 4.91 Å². The van der Waals surface area contributed by atoms with E-state index in [1.807, 2.05) is 0 Å². The second-order valence-electron chi connectivity index (χ2n) is 7.64. The largest absolute Gasteiger partial charge is 0.459 e. The molecule has 0 amide bonds. The summed E-state index contributed by atoms with van der Waals surface area (Å²) >= 11 is 3.26. The predicted molar refractivity (Wildman–Crippen MR) is 98.9 cm³/mol. The first-order chi connectivity index (χ1) is 11.7. The summed E-state index contributed by atoms with van der Waals surface area (Å²) in [5, 5.41) is 0. The number of carbonyl (C=O) groups is 2. The number of nitrogens with zero attached hydrogens (tertiary/aromatic N) is 1. The number of hydrogen-bond donors (Lipinski definition) is 0. The molecule has 0 heterocycles. The van der Waals surface area contributed by atoms with Crippen LogP contribution >= 0.6 is 15.9 Å². The van der Waals surface area contributed by atoms with Crippen molar-refractivity contribution in [1.29, 1.82) is 0 Å². The summed E-state index contributed by atoms with van der Waals surface area (Å²) in [6.07, 6.45) is 0. The van der Waals surface area contributed by atoms with Crippen LogP contribution in [0.15, 0.2) is 22.7 Å². The smallest absolute Gasteiger partial charge is 0.325 e. The van der Waals surface area contributed by atoms with Crippen molar-refractivity contribution in [2.24, 2.45) is 0 Å². The van der Waals surface area contributed by atoms with Gasteiger partial charge in [-0.15, -0.1) is 0 Å². The van der Waals surface area contributed by atoms with Gasteiger partial charge in [0.15, 0.2) is 13.0 Å². The van der Waals surface area contributed by atoms with Gasteiger partial charge >= 0.3 is 17.6 Å². The van der Waals surface area contributed by atoms with E-state index < -0.39 is 29.1 Å². The molecule has 0 N–H and O–H groups in total. The van der Waals surface area contributed by atoms with Gasteiger partial charge < -0.3 is 9.47 Å². The highest BCUT2D eigenvalue weighted by Gasteiger charge is 2.41. The molecular formula is C18H25BrNO6+. The lowest BCUT2D eigenvalue weighted by Gasteiger charge is -2.26. The van der Waals surface area contributed by atoms with Crippen LogP contribution in [0.2, 0.25) is 0 Å². The maximum absolute atomic E-state index is 12.7. The van der Waals surface area contributed by atoms with Crippen molar-refractivity contribution in [3.8, 4) is 0 Å². The average molecular weight is 431 g/mol. The fourth-order valence-electron chi connectivity index (χ4n) is 2.09. The van der Waals surface area contributed by atoms with Gasteiger partial charge in [-0.2, -0.15) is 0 Å². The molecule has 0 bridgehead atoms. The Labute approximate surface area is 161 Å². The van der Waals surface area contributed by atoms with E-state index in [0.29, 0.717) is 4.47 Å². The van der Waals surface area contributed by atoms with E-state index in [9.17, 15) is 14.5 Å². The molecule has 0 aliphatic heterocycles. The Bertz CT molecular complexity index is 675. The van der Waals surface area contributed by atoms with Crippen molar-refractivity contribution in [1.82, 2.24) is 0 Å². The minimum absolute atomic E-state index is 0.00333. The van der Waals surface area contributed by atoms with Crippen LogP contribution in [0.4, 0.5) is 5.69 Å². The Kier molecular flexibility index (Phi) is 6.93. The first-order valence-electron chi connectivity index (χ1n) is 8.01. The Balaban J connectivity index is 3.48. The number of halogens is 1. The number of benzene rings is 1. The van der Waals surface area contributed by atoms with Gasteiger partial charge in [-0.3, -0.25) is 9.59 Å². The average Bonchev–Trinajstić information content (AvgIpc) is 2.44. The lowest BCUT2D eigenvalue weighted by molar-refractivity contribution is -0.737. The number of esters is 2. The van der Waals surface area contributed by atoms with Gasteiger partial charge in [0.2, 0.25) is 0 Å². The SMILES string of the molecule is CO[N+](=O)c1cc(Br)ccc1C(C(=O)OC(C)(C)C)C(=O)OC(C)(C)C. The molecule has 0 saturated heterocycles.